The van der Waals surface area contributed by atoms with Gasteiger partial charge < -0.3 is 14.4 Å². The van der Waals surface area contributed by atoms with Crippen LogP contribution in [0.4, 0.5) is 0 Å². The van der Waals surface area contributed by atoms with E-state index in [1.54, 1.807) is 35.2 Å². The number of hydrogen-bond acceptors (Lipinski definition) is 4. The topological polar surface area (TPSA) is 64.3 Å². The lowest BCUT2D eigenvalue weighted by molar-refractivity contribution is -0.0770. The summed E-state index contributed by atoms with van der Waals surface area (Å²) in [5.74, 6) is 0. The number of methoxy groups -OCH3 is 1. The maximum atomic E-state index is 11.8. The minimum absolute atomic E-state index is 0.00991. The second-order valence-corrected chi connectivity index (χ2v) is 5.83. The van der Waals surface area contributed by atoms with Gasteiger partial charge in [0.25, 0.3) is 5.56 Å². The summed E-state index contributed by atoms with van der Waals surface area (Å²) >= 11 is 0. The molecule has 5 heteroatoms. The van der Waals surface area contributed by atoms with Crippen LogP contribution in [0, 0.1) is 0 Å². The van der Waals surface area contributed by atoms with E-state index in [-0.39, 0.29) is 5.56 Å². The van der Waals surface area contributed by atoms with Crippen molar-refractivity contribution in [3.63, 3.8) is 0 Å². The number of aromatic nitrogens is 2. The molecule has 0 aliphatic heterocycles. The highest BCUT2D eigenvalue weighted by molar-refractivity contribution is 5.28. The zero-order valence-electron chi connectivity index (χ0n) is 14.0. The first-order valence-electron chi connectivity index (χ1n) is 8.04. The van der Waals surface area contributed by atoms with Gasteiger partial charge in [0.15, 0.2) is 6.29 Å². The quantitative estimate of drug-likeness (QED) is 0.703. The third-order valence-electron chi connectivity index (χ3n) is 4.01. The van der Waals surface area contributed by atoms with Crippen LogP contribution in [0.3, 0.4) is 0 Å². The molecule has 3 rings (SSSR count). The monoisotopic (exact) mass is 336 g/mol. The Balaban J connectivity index is 1.71. The van der Waals surface area contributed by atoms with Crippen LogP contribution in [0.2, 0.25) is 0 Å². The van der Waals surface area contributed by atoms with Gasteiger partial charge in [-0.15, -0.1) is 0 Å². The Morgan fingerprint density at radius 3 is 2.60 bits per heavy atom. The van der Waals surface area contributed by atoms with Gasteiger partial charge >= 0.3 is 0 Å². The Morgan fingerprint density at radius 1 is 1.12 bits per heavy atom. The fourth-order valence-electron chi connectivity index (χ4n) is 2.64. The van der Waals surface area contributed by atoms with E-state index in [0.29, 0.717) is 18.5 Å². The molecule has 0 amide bonds. The SMILES string of the molecule is COC(O)c1ccnc(Cc2ccc(Cn3ccccc3=O)cc2)c1. The normalized spacial score (nSPS) is 12.1. The second-order valence-electron chi connectivity index (χ2n) is 5.83. The molecule has 0 aliphatic rings. The number of ether oxygens (including phenoxy) is 1. The Labute approximate surface area is 146 Å². The van der Waals surface area contributed by atoms with Crippen molar-refractivity contribution in [1.82, 2.24) is 9.55 Å². The fourth-order valence-corrected chi connectivity index (χ4v) is 2.64. The average Bonchev–Trinajstić information content (AvgIpc) is 2.65. The van der Waals surface area contributed by atoms with E-state index < -0.39 is 6.29 Å². The highest BCUT2D eigenvalue weighted by atomic mass is 16.6. The summed E-state index contributed by atoms with van der Waals surface area (Å²) in [6.45, 7) is 0.549. The van der Waals surface area contributed by atoms with E-state index in [1.165, 1.54) is 7.11 Å². The second kappa shape index (κ2) is 7.88. The average molecular weight is 336 g/mol. The van der Waals surface area contributed by atoms with E-state index >= 15 is 0 Å². The molecular weight excluding hydrogens is 316 g/mol. The first-order chi connectivity index (χ1) is 12.2. The van der Waals surface area contributed by atoms with Crippen molar-refractivity contribution in [2.45, 2.75) is 19.3 Å². The molecule has 0 saturated heterocycles. The molecule has 1 aromatic carbocycles. The lowest BCUT2D eigenvalue weighted by Gasteiger charge is -2.10. The Morgan fingerprint density at radius 2 is 1.88 bits per heavy atom. The van der Waals surface area contributed by atoms with Gasteiger partial charge in [-0.25, -0.2) is 0 Å². The number of aliphatic hydroxyl groups excluding tert-OH is 1. The highest BCUT2D eigenvalue weighted by Gasteiger charge is 2.07. The number of pyridine rings is 2. The molecule has 5 nitrogen and oxygen atoms in total. The van der Waals surface area contributed by atoms with Crippen molar-refractivity contribution in [2.75, 3.05) is 7.11 Å². The number of rotatable bonds is 6. The van der Waals surface area contributed by atoms with E-state index in [0.717, 1.165) is 16.8 Å². The van der Waals surface area contributed by atoms with Gasteiger partial charge in [0.1, 0.15) is 0 Å². The summed E-state index contributed by atoms with van der Waals surface area (Å²) in [5.41, 5.74) is 3.71. The zero-order valence-corrected chi connectivity index (χ0v) is 14.0. The Bertz CT molecular complexity index is 888. The number of nitrogens with zero attached hydrogens (tertiary/aromatic N) is 2. The van der Waals surface area contributed by atoms with Crippen LogP contribution in [0.25, 0.3) is 0 Å². The first-order valence-corrected chi connectivity index (χ1v) is 8.04. The van der Waals surface area contributed by atoms with Crippen LogP contribution < -0.4 is 5.56 Å². The minimum atomic E-state index is -0.937. The smallest absolute Gasteiger partial charge is 0.250 e. The van der Waals surface area contributed by atoms with Crippen LogP contribution in [0.1, 0.15) is 28.7 Å². The maximum Gasteiger partial charge on any atom is 0.250 e. The van der Waals surface area contributed by atoms with Crippen LogP contribution in [0.15, 0.2) is 71.8 Å². The van der Waals surface area contributed by atoms with Gasteiger partial charge in [0.2, 0.25) is 0 Å². The maximum absolute atomic E-state index is 11.8. The third kappa shape index (κ3) is 4.41. The molecule has 0 spiro atoms. The summed E-state index contributed by atoms with van der Waals surface area (Å²) in [4.78, 5) is 16.1. The third-order valence-corrected chi connectivity index (χ3v) is 4.01. The molecule has 128 valence electrons. The Hall–Kier alpha value is -2.76. The van der Waals surface area contributed by atoms with Crippen molar-refractivity contribution < 1.29 is 9.84 Å². The molecule has 1 N–H and O–H groups in total. The molecule has 0 saturated carbocycles. The molecule has 3 aromatic rings. The van der Waals surface area contributed by atoms with Crippen LogP contribution >= 0.6 is 0 Å². The molecular formula is C20H20N2O3. The van der Waals surface area contributed by atoms with Crippen molar-refractivity contribution in [2.24, 2.45) is 0 Å². The minimum Gasteiger partial charge on any atom is -0.364 e. The number of benzene rings is 1. The largest absolute Gasteiger partial charge is 0.364 e. The van der Waals surface area contributed by atoms with E-state index in [1.807, 2.05) is 36.4 Å². The lowest BCUT2D eigenvalue weighted by Crippen LogP contribution is -2.18. The molecule has 0 bridgehead atoms. The summed E-state index contributed by atoms with van der Waals surface area (Å²) in [5, 5.41) is 9.74. The van der Waals surface area contributed by atoms with Gasteiger partial charge in [0, 0.05) is 43.2 Å². The molecule has 25 heavy (non-hydrogen) atoms. The molecule has 2 aromatic heterocycles. The number of hydrogen-bond donors (Lipinski definition) is 1. The zero-order chi connectivity index (χ0) is 17.6. The molecule has 0 aliphatic carbocycles. The van der Waals surface area contributed by atoms with Crippen LogP contribution in [-0.2, 0) is 17.7 Å². The van der Waals surface area contributed by atoms with Crippen LogP contribution in [0.5, 0.6) is 0 Å². The predicted octanol–water partition coefficient (Wildman–Crippen LogP) is 2.52. The van der Waals surface area contributed by atoms with E-state index in [9.17, 15) is 9.90 Å². The van der Waals surface area contributed by atoms with Crippen molar-refractivity contribution in [3.05, 3.63) is 99.7 Å². The van der Waals surface area contributed by atoms with Crippen LogP contribution in [-0.4, -0.2) is 21.8 Å². The Kier molecular flexibility index (Phi) is 5.38. The first kappa shape index (κ1) is 17.1. The molecule has 1 unspecified atom stereocenters. The van der Waals surface area contributed by atoms with Gasteiger partial charge in [-0.05, 0) is 29.3 Å². The van der Waals surface area contributed by atoms with Crippen molar-refractivity contribution in [3.8, 4) is 0 Å². The van der Waals surface area contributed by atoms with Gasteiger partial charge in [-0.2, -0.15) is 0 Å². The van der Waals surface area contributed by atoms with E-state index in [2.05, 4.69) is 4.98 Å². The van der Waals surface area contributed by atoms with E-state index in [4.69, 9.17) is 4.74 Å². The summed E-state index contributed by atoms with van der Waals surface area (Å²) < 4.78 is 6.60. The van der Waals surface area contributed by atoms with Crippen molar-refractivity contribution in [1.29, 1.82) is 0 Å². The molecule has 0 radical (unpaired) electrons. The highest BCUT2D eigenvalue weighted by Crippen LogP contribution is 2.16. The predicted molar refractivity (Wildman–Crippen MR) is 95.3 cm³/mol. The lowest BCUT2D eigenvalue weighted by atomic mass is 10.1. The summed E-state index contributed by atoms with van der Waals surface area (Å²) in [6.07, 6.45) is 3.18. The molecule has 1 atom stereocenters. The number of aliphatic hydroxyl groups is 1. The fraction of sp³-hybridized carbons (Fsp3) is 0.200. The molecule has 2 heterocycles. The summed E-state index contributed by atoms with van der Waals surface area (Å²) in [7, 11) is 1.46. The molecule has 0 fully saturated rings. The standard InChI is InChI=1S/C20H20N2O3/c1-25-20(24)17-9-10-21-18(13-17)12-15-5-7-16(8-6-15)14-22-11-3-2-4-19(22)23/h2-11,13,20,24H,12,14H2,1H3. The van der Waals surface area contributed by atoms with Gasteiger partial charge in [-0.3, -0.25) is 9.78 Å². The summed E-state index contributed by atoms with van der Waals surface area (Å²) in [6, 6.07) is 16.8. The van der Waals surface area contributed by atoms with Gasteiger partial charge in [-0.1, -0.05) is 30.3 Å². The van der Waals surface area contributed by atoms with Crippen molar-refractivity contribution >= 4 is 0 Å². The van der Waals surface area contributed by atoms with Gasteiger partial charge in [0.05, 0.1) is 6.54 Å².